The molecule has 1 aromatic heterocycles. The molecule has 0 bridgehead atoms. The van der Waals surface area contributed by atoms with Crippen LogP contribution in [0.15, 0.2) is 94.1 Å². The van der Waals surface area contributed by atoms with Gasteiger partial charge in [-0.05, 0) is 86.1 Å². The molecule has 4 aromatic rings. The highest BCUT2D eigenvalue weighted by Gasteiger charge is 2.29. The molecule has 0 aliphatic carbocycles. The van der Waals surface area contributed by atoms with Gasteiger partial charge in [0.2, 0.25) is 10.0 Å². The molecule has 0 N–H and O–H groups in total. The van der Waals surface area contributed by atoms with Crippen molar-refractivity contribution >= 4 is 27.0 Å². The van der Waals surface area contributed by atoms with Crippen LogP contribution >= 0.6 is 11.3 Å². The van der Waals surface area contributed by atoms with Gasteiger partial charge in [-0.1, -0.05) is 62.2 Å². The number of rotatable bonds is 12. The van der Waals surface area contributed by atoms with Crippen LogP contribution in [0.2, 0.25) is 0 Å². The van der Waals surface area contributed by atoms with Crippen LogP contribution in [0.4, 0.5) is 5.69 Å². The van der Waals surface area contributed by atoms with Gasteiger partial charge in [-0.3, -0.25) is 0 Å². The fourth-order valence-electron chi connectivity index (χ4n) is 5.53. The summed E-state index contributed by atoms with van der Waals surface area (Å²) in [7, 11) is -3.53. The van der Waals surface area contributed by atoms with Crippen LogP contribution in [-0.2, 0) is 23.0 Å². The molecule has 0 saturated carbocycles. The van der Waals surface area contributed by atoms with Crippen LogP contribution in [0.1, 0.15) is 51.5 Å². The van der Waals surface area contributed by atoms with Gasteiger partial charge in [-0.2, -0.15) is 4.31 Å². The highest BCUT2D eigenvalue weighted by atomic mass is 32.2. The Hall–Kier alpha value is -3.20. The Bertz CT molecular complexity index is 1580. The van der Waals surface area contributed by atoms with E-state index in [0.717, 1.165) is 72.6 Å². The molecule has 8 heteroatoms. The second-order valence-corrected chi connectivity index (χ2v) is 13.6. The Kier molecular flexibility index (Phi) is 10.3. The first kappa shape index (κ1) is 30.3. The van der Waals surface area contributed by atoms with Gasteiger partial charge in [0.25, 0.3) is 0 Å². The lowest BCUT2D eigenvalue weighted by Crippen LogP contribution is -2.38. The van der Waals surface area contributed by atoms with Crippen LogP contribution in [0.5, 0.6) is 5.75 Å². The number of hydrogen-bond acceptors (Lipinski definition) is 5. The van der Waals surface area contributed by atoms with Crippen molar-refractivity contribution in [3.8, 4) is 17.0 Å². The first-order valence-electron chi connectivity index (χ1n) is 15.1. The van der Waals surface area contributed by atoms with E-state index in [9.17, 15) is 8.42 Å². The van der Waals surface area contributed by atoms with Gasteiger partial charge in [0, 0.05) is 25.0 Å². The van der Waals surface area contributed by atoms with E-state index >= 15 is 0 Å². The zero-order chi connectivity index (χ0) is 29.4. The third kappa shape index (κ3) is 7.41. The summed E-state index contributed by atoms with van der Waals surface area (Å²) in [5.41, 5.74) is 4.26. The summed E-state index contributed by atoms with van der Waals surface area (Å²) in [5.74, 6) is 1.36. The molecule has 1 saturated heterocycles. The van der Waals surface area contributed by atoms with Gasteiger partial charge in [0.15, 0.2) is 4.80 Å². The molecule has 0 atom stereocenters. The summed E-state index contributed by atoms with van der Waals surface area (Å²) in [6.07, 6.45) is 6.13. The second kappa shape index (κ2) is 14.3. The third-order valence-electron chi connectivity index (χ3n) is 7.88. The molecule has 0 spiro atoms. The van der Waals surface area contributed by atoms with Crippen LogP contribution in [0.3, 0.4) is 0 Å². The number of sulfonamides is 1. The number of thiazole rings is 1. The van der Waals surface area contributed by atoms with E-state index in [0.29, 0.717) is 30.5 Å². The van der Waals surface area contributed by atoms with Gasteiger partial charge in [-0.15, -0.1) is 11.3 Å². The molecule has 2 heterocycles. The average molecular weight is 604 g/mol. The molecule has 42 heavy (non-hydrogen) atoms. The Morgan fingerprint density at radius 3 is 2.29 bits per heavy atom. The monoisotopic (exact) mass is 603 g/mol. The summed E-state index contributed by atoms with van der Waals surface area (Å²) < 4.78 is 36.5. The lowest BCUT2D eigenvalue weighted by atomic mass is 9.91. The summed E-state index contributed by atoms with van der Waals surface area (Å²) in [4.78, 5) is 6.23. The van der Waals surface area contributed by atoms with E-state index in [1.165, 1.54) is 5.56 Å². The van der Waals surface area contributed by atoms with Gasteiger partial charge >= 0.3 is 0 Å². The molecule has 0 amide bonds. The van der Waals surface area contributed by atoms with Gasteiger partial charge in [0.1, 0.15) is 5.75 Å². The van der Waals surface area contributed by atoms with E-state index in [-0.39, 0.29) is 0 Å². The van der Waals surface area contributed by atoms with Crippen molar-refractivity contribution in [2.75, 3.05) is 19.7 Å². The Morgan fingerprint density at radius 2 is 1.62 bits per heavy atom. The third-order valence-corrected chi connectivity index (χ3v) is 10.7. The van der Waals surface area contributed by atoms with Crippen molar-refractivity contribution in [1.82, 2.24) is 8.87 Å². The fraction of sp³-hybridized carbons (Fsp3) is 0.382. The maximum atomic E-state index is 13.5. The zero-order valence-corrected chi connectivity index (χ0v) is 26.2. The maximum absolute atomic E-state index is 13.5. The van der Waals surface area contributed by atoms with Crippen molar-refractivity contribution in [1.29, 1.82) is 0 Å². The lowest BCUT2D eigenvalue weighted by molar-refractivity contribution is 0.273. The quantitative estimate of drug-likeness (QED) is 0.156. The van der Waals surface area contributed by atoms with E-state index in [4.69, 9.17) is 9.73 Å². The Labute approximate surface area is 254 Å². The van der Waals surface area contributed by atoms with Gasteiger partial charge in [-0.25, -0.2) is 13.4 Å². The van der Waals surface area contributed by atoms with Gasteiger partial charge < -0.3 is 9.30 Å². The molecular formula is C34H41N3O3S2. The molecule has 1 fully saturated rings. The summed E-state index contributed by atoms with van der Waals surface area (Å²) in [6, 6.07) is 25.7. The minimum Gasteiger partial charge on any atom is -0.494 e. The Morgan fingerprint density at radius 1 is 0.905 bits per heavy atom. The first-order valence-corrected chi connectivity index (χ1v) is 17.4. The lowest BCUT2D eigenvalue weighted by Gasteiger charge is -2.31. The zero-order valence-electron chi connectivity index (χ0n) is 24.6. The fourth-order valence-corrected chi connectivity index (χ4v) is 7.95. The van der Waals surface area contributed by atoms with Crippen molar-refractivity contribution in [3.05, 3.63) is 94.6 Å². The highest BCUT2D eigenvalue weighted by Crippen LogP contribution is 2.28. The van der Waals surface area contributed by atoms with E-state index < -0.39 is 10.0 Å². The SMILES string of the molecule is CCCCCn1c(-c2ccc(S(=O)(=O)N3CCC(Cc4ccccc4)CC3)cc2)csc1=Nc1ccc(OCC)cc1. The van der Waals surface area contributed by atoms with Crippen LogP contribution in [-0.4, -0.2) is 37.0 Å². The van der Waals surface area contributed by atoms with Crippen molar-refractivity contribution in [2.45, 2.75) is 63.8 Å². The predicted octanol–water partition coefficient (Wildman–Crippen LogP) is 7.68. The number of piperidine rings is 1. The van der Waals surface area contributed by atoms with Crippen molar-refractivity contribution in [3.63, 3.8) is 0 Å². The number of nitrogens with zero attached hydrogens (tertiary/aromatic N) is 3. The molecule has 0 radical (unpaired) electrons. The van der Waals surface area contributed by atoms with Crippen LogP contribution < -0.4 is 9.54 Å². The molecule has 5 rings (SSSR count). The smallest absolute Gasteiger partial charge is 0.243 e. The molecule has 222 valence electrons. The average Bonchev–Trinajstić information content (AvgIpc) is 3.41. The largest absolute Gasteiger partial charge is 0.494 e. The minimum atomic E-state index is -3.53. The number of unbranched alkanes of at least 4 members (excludes halogenated alkanes) is 2. The van der Waals surface area contributed by atoms with Gasteiger partial charge in [0.05, 0.1) is 22.9 Å². The van der Waals surface area contributed by atoms with Crippen molar-refractivity contribution in [2.24, 2.45) is 10.9 Å². The van der Waals surface area contributed by atoms with Crippen LogP contribution in [0.25, 0.3) is 11.3 Å². The molecule has 3 aromatic carbocycles. The molecular weight excluding hydrogens is 563 g/mol. The second-order valence-electron chi connectivity index (χ2n) is 10.9. The number of hydrogen-bond donors (Lipinski definition) is 0. The standard InChI is InChI=1S/C34H41N3O3S2/c1-3-5-9-22-37-33(26-41-34(37)35-30-14-16-31(17-15-30)40-4-2)29-12-18-32(19-13-29)42(38,39)36-23-20-28(21-24-36)25-27-10-7-6-8-11-27/h6-8,10-19,26,28H,3-5,9,20-25H2,1-2H3. The number of aromatic nitrogens is 1. The van der Waals surface area contributed by atoms with Crippen LogP contribution in [0, 0.1) is 5.92 Å². The molecule has 1 aliphatic rings. The van der Waals surface area contributed by atoms with E-state index in [1.807, 2.05) is 49.4 Å². The first-order chi connectivity index (χ1) is 20.5. The minimum absolute atomic E-state index is 0.361. The number of ether oxygens (including phenoxy) is 1. The maximum Gasteiger partial charge on any atom is 0.243 e. The molecule has 0 unspecified atom stereocenters. The normalized spacial score (nSPS) is 15.2. The Balaban J connectivity index is 1.32. The topological polar surface area (TPSA) is 63.9 Å². The summed E-state index contributed by atoms with van der Waals surface area (Å²) in [6.45, 7) is 6.81. The molecule has 6 nitrogen and oxygen atoms in total. The molecule has 1 aliphatic heterocycles. The number of benzene rings is 3. The summed E-state index contributed by atoms with van der Waals surface area (Å²) >= 11 is 1.61. The highest BCUT2D eigenvalue weighted by molar-refractivity contribution is 7.89. The van der Waals surface area contributed by atoms with Crippen molar-refractivity contribution < 1.29 is 13.2 Å². The predicted molar refractivity (Wildman–Crippen MR) is 172 cm³/mol. The summed E-state index contributed by atoms with van der Waals surface area (Å²) in [5, 5.41) is 2.13. The van der Waals surface area contributed by atoms with E-state index in [2.05, 4.69) is 41.1 Å². The van der Waals surface area contributed by atoms with E-state index in [1.54, 1.807) is 27.8 Å².